The van der Waals surface area contributed by atoms with Crippen molar-refractivity contribution in [1.29, 1.82) is 0 Å². The van der Waals surface area contributed by atoms with Gasteiger partial charge >= 0.3 is 0 Å². The molecule has 9 heteroatoms. The molecule has 5 rings (SSSR count). The molecule has 2 aliphatic rings. The number of rotatable bonds is 4. The van der Waals surface area contributed by atoms with Gasteiger partial charge in [-0.25, -0.2) is 8.42 Å². The smallest absolute Gasteiger partial charge is 0.235 e. The van der Waals surface area contributed by atoms with E-state index in [9.17, 15) is 13.2 Å². The van der Waals surface area contributed by atoms with Crippen LogP contribution in [0.2, 0.25) is 0 Å². The van der Waals surface area contributed by atoms with Gasteiger partial charge in [0.05, 0.1) is 29.6 Å². The molecule has 0 aliphatic carbocycles. The average Bonchev–Trinajstić information content (AvgIpc) is 3.16. The van der Waals surface area contributed by atoms with E-state index in [0.29, 0.717) is 53.7 Å². The number of hydrogen-bond donors (Lipinski definition) is 0. The second-order valence-corrected chi connectivity index (χ2v) is 10.3. The van der Waals surface area contributed by atoms with E-state index in [4.69, 9.17) is 18.6 Å². The first-order chi connectivity index (χ1) is 15.3. The molecule has 2 aliphatic heterocycles. The molecule has 1 atom stereocenters. The fraction of sp³-hybridized carbons (Fsp3) is 0.348. The van der Waals surface area contributed by atoms with Crippen LogP contribution in [-0.4, -0.2) is 44.7 Å². The van der Waals surface area contributed by atoms with Crippen LogP contribution >= 0.6 is 0 Å². The summed E-state index contributed by atoms with van der Waals surface area (Å²) in [4.78, 5) is 15.2. The van der Waals surface area contributed by atoms with Crippen LogP contribution in [0.5, 0.6) is 23.0 Å². The molecule has 0 amide bonds. The maximum Gasteiger partial charge on any atom is 0.235 e. The van der Waals surface area contributed by atoms with Crippen molar-refractivity contribution < 1.29 is 27.0 Å². The third-order valence-electron chi connectivity index (χ3n) is 5.99. The number of methoxy groups -OCH3 is 1. The first-order valence-electron chi connectivity index (χ1n) is 10.3. The molecular weight excluding hydrogens is 434 g/mol. The molecule has 1 fully saturated rings. The number of ether oxygens (including phenoxy) is 3. The highest BCUT2D eigenvalue weighted by atomic mass is 32.2. The molecule has 0 saturated carbocycles. The monoisotopic (exact) mass is 457 g/mol. The minimum atomic E-state index is -3.01. The van der Waals surface area contributed by atoms with Gasteiger partial charge in [0.1, 0.15) is 35.3 Å². The van der Waals surface area contributed by atoms with Gasteiger partial charge < -0.3 is 18.6 Å². The van der Waals surface area contributed by atoms with E-state index in [-0.39, 0.29) is 28.7 Å². The Morgan fingerprint density at radius 3 is 2.53 bits per heavy atom. The van der Waals surface area contributed by atoms with Crippen LogP contribution in [0, 0.1) is 6.92 Å². The summed E-state index contributed by atoms with van der Waals surface area (Å²) in [6.45, 7) is 2.44. The van der Waals surface area contributed by atoms with Crippen LogP contribution in [0.15, 0.2) is 45.6 Å². The number of fused-ring (bicyclic) bond motifs is 3. The van der Waals surface area contributed by atoms with Crippen LogP contribution in [0.25, 0.3) is 11.0 Å². The molecule has 3 aromatic rings. The topological polar surface area (TPSA) is 95.3 Å². The van der Waals surface area contributed by atoms with Gasteiger partial charge in [-0.2, -0.15) is 0 Å². The molecule has 168 valence electrons. The van der Waals surface area contributed by atoms with E-state index in [1.54, 1.807) is 50.4 Å². The molecule has 0 spiro atoms. The number of hydrogen-bond acceptors (Lipinski definition) is 8. The zero-order valence-corrected chi connectivity index (χ0v) is 18.6. The highest BCUT2D eigenvalue weighted by Crippen LogP contribution is 2.35. The van der Waals surface area contributed by atoms with Gasteiger partial charge in [0.15, 0.2) is 9.84 Å². The van der Waals surface area contributed by atoms with E-state index < -0.39 is 9.84 Å². The van der Waals surface area contributed by atoms with E-state index >= 15 is 0 Å². The Morgan fingerprint density at radius 2 is 1.84 bits per heavy atom. The van der Waals surface area contributed by atoms with Gasteiger partial charge in [0.25, 0.3) is 0 Å². The molecule has 32 heavy (non-hydrogen) atoms. The van der Waals surface area contributed by atoms with E-state index in [2.05, 4.69) is 0 Å². The van der Waals surface area contributed by atoms with Crippen molar-refractivity contribution in [2.45, 2.75) is 25.9 Å². The fourth-order valence-electron chi connectivity index (χ4n) is 4.25. The molecule has 2 aromatic carbocycles. The van der Waals surface area contributed by atoms with Gasteiger partial charge in [-0.1, -0.05) is 0 Å². The molecule has 3 heterocycles. The molecule has 1 aromatic heterocycles. The van der Waals surface area contributed by atoms with Gasteiger partial charge in [-0.05, 0) is 49.7 Å². The van der Waals surface area contributed by atoms with Gasteiger partial charge in [0.2, 0.25) is 11.2 Å². The summed E-state index contributed by atoms with van der Waals surface area (Å²) in [6.07, 6.45) is 0.578. The lowest BCUT2D eigenvalue weighted by atomic mass is 10.1. The standard InChI is InChI=1S/C23H23NO7S/c1-14-22(31-17-5-3-16(28-2)4-6-17)21(25)18-7-8-20-19(23(18)30-14)11-24(13-29-20)15-9-10-32(26,27)12-15/h3-8,15H,9-13H2,1-2H3. The van der Waals surface area contributed by atoms with Crippen molar-refractivity contribution in [3.05, 3.63) is 57.9 Å². The lowest BCUT2D eigenvalue weighted by Gasteiger charge is -2.33. The summed E-state index contributed by atoms with van der Waals surface area (Å²) >= 11 is 0. The van der Waals surface area contributed by atoms with E-state index in [0.717, 1.165) is 5.56 Å². The minimum absolute atomic E-state index is 0.103. The maximum absolute atomic E-state index is 13.2. The van der Waals surface area contributed by atoms with Gasteiger partial charge in [-0.15, -0.1) is 0 Å². The average molecular weight is 458 g/mol. The van der Waals surface area contributed by atoms with Crippen LogP contribution in [-0.2, 0) is 16.4 Å². The van der Waals surface area contributed by atoms with Crippen LogP contribution in [0.1, 0.15) is 17.7 Å². The molecule has 0 radical (unpaired) electrons. The van der Waals surface area contributed by atoms with Crippen molar-refractivity contribution in [1.82, 2.24) is 4.90 Å². The largest absolute Gasteiger partial charge is 0.497 e. The van der Waals surface area contributed by atoms with Crippen molar-refractivity contribution >= 4 is 20.8 Å². The number of aryl methyl sites for hydroxylation is 1. The van der Waals surface area contributed by atoms with Crippen molar-refractivity contribution in [3.63, 3.8) is 0 Å². The van der Waals surface area contributed by atoms with Crippen LogP contribution in [0.3, 0.4) is 0 Å². The summed E-state index contributed by atoms with van der Waals surface area (Å²) in [5.74, 6) is 2.61. The second-order valence-electron chi connectivity index (χ2n) is 8.09. The minimum Gasteiger partial charge on any atom is -0.497 e. The van der Waals surface area contributed by atoms with Crippen LogP contribution in [0.4, 0.5) is 0 Å². The maximum atomic E-state index is 13.2. The van der Waals surface area contributed by atoms with E-state index in [1.165, 1.54) is 0 Å². The Hall–Kier alpha value is -3.04. The molecule has 0 bridgehead atoms. The zero-order chi connectivity index (χ0) is 22.5. The van der Waals surface area contributed by atoms with Crippen LogP contribution < -0.4 is 19.6 Å². The molecule has 8 nitrogen and oxygen atoms in total. The summed E-state index contributed by atoms with van der Waals surface area (Å²) in [5, 5.41) is 0.391. The molecule has 0 N–H and O–H groups in total. The summed E-state index contributed by atoms with van der Waals surface area (Å²) in [6, 6.07) is 10.3. The first kappa shape index (κ1) is 20.8. The third-order valence-corrected chi connectivity index (χ3v) is 7.74. The molecular formula is C23H23NO7S. The Kier molecular flexibility index (Phi) is 5.10. The molecule has 1 saturated heterocycles. The normalized spacial score (nSPS) is 20.0. The van der Waals surface area contributed by atoms with Gasteiger partial charge in [0, 0.05) is 12.6 Å². The van der Waals surface area contributed by atoms with Crippen molar-refractivity contribution in [2.24, 2.45) is 0 Å². The summed E-state index contributed by atoms with van der Waals surface area (Å²) in [7, 11) is -1.43. The summed E-state index contributed by atoms with van der Waals surface area (Å²) in [5.41, 5.74) is 0.912. The number of sulfone groups is 1. The lowest BCUT2D eigenvalue weighted by molar-refractivity contribution is 0.0648. The Balaban J connectivity index is 1.50. The molecule has 1 unspecified atom stereocenters. The fourth-order valence-corrected chi connectivity index (χ4v) is 6.01. The second kappa shape index (κ2) is 7.83. The predicted molar refractivity (Wildman–Crippen MR) is 118 cm³/mol. The highest BCUT2D eigenvalue weighted by Gasteiger charge is 2.35. The quantitative estimate of drug-likeness (QED) is 0.589. The Labute approximate surface area is 185 Å². The van der Waals surface area contributed by atoms with Crippen molar-refractivity contribution in [2.75, 3.05) is 25.3 Å². The predicted octanol–water partition coefficient (Wildman–Crippen LogP) is 3.24. The zero-order valence-electron chi connectivity index (χ0n) is 17.8. The Morgan fingerprint density at radius 1 is 1.09 bits per heavy atom. The third kappa shape index (κ3) is 3.71. The number of nitrogens with zero attached hydrogens (tertiary/aromatic N) is 1. The summed E-state index contributed by atoms with van der Waals surface area (Å²) < 4.78 is 46.8. The van der Waals surface area contributed by atoms with Gasteiger partial charge in [-0.3, -0.25) is 9.69 Å². The van der Waals surface area contributed by atoms with Crippen molar-refractivity contribution in [3.8, 4) is 23.0 Å². The lowest BCUT2D eigenvalue weighted by Crippen LogP contribution is -2.41. The SMILES string of the molecule is COc1ccc(Oc2c(C)oc3c4c(ccc3c2=O)OCN(C2CCS(=O)(=O)C2)C4)cc1. The Bertz CT molecular complexity index is 1350. The first-order valence-corrected chi connectivity index (χ1v) is 12.2. The van der Waals surface area contributed by atoms with E-state index in [1.807, 2.05) is 4.90 Å². The number of benzene rings is 2. The highest BCUT2D eigenvalue weighted by molar-refractivity contribution is 7.91.